The molecule has 0 bridgehead atoms. The molecule has 0 saturated carbocycles. The molecule has 1 aliphatic rings. The van der Waals surface area contributed by atoms with Gasteiger partial charge in [-0.25, -0.2) is 14.0 Å². The molecule has 0 radical (unpaired) electrons. The van der Waals surface area contributed by atoms with Crippen LogP contribution in [0.25, 0.3) is 11.3 Å². The first-order valence-corrected chi connectivity index (χ1v) is 12.0. The van der Waals surface area contributed by atoms with Crippen LogP contribution in [0.15, 0.2) is 71.8 Å². The van der Waals surface area contributed by atoms with E-state index >= 15 is 0 Å². The second-order valence-electron chi connectivity index (χ2n) is 9.01. The fraction of sp³-hybridized carbons (Fsp3) is 0.370. The number of nitrogens with two attached hydrogens (primary N) is 1. The van der Waals surface area contributed by atoms with Crippen molar-refractivity contribution in [1.29, 1.82) is 0 Å². The smallest absolute Gasteiger partial charge is 0.330 e. The minimum Gasteiger partial charge on any atom is -0.330 e. The molecule has 0 amide bonds. The first-order valence-electron chi connectivity index (χ1n) is 12.0. The Labute approximate surface area is 200 Å². The molecule has 7 heteroatoms. The number of nitrogens with zero attached hydrogens (tertiary/aromatic N) is 4. The molecule has 0 aliphatic carbocycles. The van der Waals surface area contributed by atoms with Gasteiger partial charge in [-0.2, -0.15) is 5.10 Å². The van der Waals surface area contributed by atoms with Gasteiger partial charge in [0.1, 0.15) is 6.33 Å². The molecule has 178 valence electrons. The zero-order chi connectivity index (χ0) is 24.1. The van der Waals surface area contributed by atoms with Crippen LogP contribution in [0.2, 0.25) is 0 Å². The zero-order valence-corrected chi connectivity index (χ0v) is 19.9. The molecule has 1 aromatic heterocycles. The lowest BCUT2D eigenvalue weighted by Gasteiger charge is -2.33. The van der Waals surface area contributed by atoms with Crippen LogP contribution in [-0.2, 0) is 4.79 Å². The summed E-state index contributed by atoms with van der Waals surface area (Å²) in [5, 5.41) is 4.20. The fourth-order valence-corrected chi connectivity index (χ4v) is 4.51. The van der Waals surface area contributed by atoms with Crippen LogP contribution in [0.3, 0.4) is 0 Å². The first kappa shape index (κ1) is 23.9. The van der Waals surface area contributed by atoms with Crippen molar-refractivity contribution in [3.05, 3.63) is 88.6 Å². The van der Waals surface area contributed by atoms with Crippen LogP contribution in [0, 0.1) is 0 Å². The number of carbonyl (C=O) groups excluding carboxylic acids is 1. The van der Waals surface area contributed by atoms with Crippen molar-refractivity contribution in [1.82, 2.24) is 19.2 Å². The van der Waals surface area contributed by atoms with Gasteiger partial charge >= 0.3 is 5.69 Å². The summed E-state index contributed by atoms with van der Waals surface area (Å²) in [4.78, 5) is 27.8. The normalized spacial score (nSPS) is 15.4. The van der Waals surface area contributed by atoms with E-state index in [2.05, 4.69) is 28.2 Å². The summed E-state index contributed by atoms with van der Waals surface area (Å²) in [5.41, 5.74) is 9.75. The van der Waals surface area contributed by atoms with Gasteiger partial charge in [-0.15, -0.1) is 0 Å². The van der Waals surface area contributed by atoms with E-state index in [-0.39, 0.29) is 23.6 Å². The van der Waals surface area contributed by atoms with E-state index in [0.29, 0.717) is 25.9 Å². The van der Waals surface area contributed by atoms with Crippen molar-refractivity contribution in [2.75, 3.05) is 19.6 Å². The Hall–Kier alpha value is -3.29. The summed E-state index contributed by atoms with van der Waals surface area (Å²) < 4.78 is 3.04. The molecule has 34 heavy (non-hydrogen) atoms. The van der Waals surface area contributed by atoms with Gasteiger partial charge in [0.25, 0.3) is 0 Å². The third kappa shape index (κ3) is 5.11. The van der Waals surface area contributed by atoms with Gasteiger partial charge in [-0.1, -0.05) is 48.5 Å². The molecule has 1 atom stereocenters. The van der Waals surface area contributed by atoms with Crippen molar-refractivity contribution in [2.24, 2.45) is 5.73 Å². The second kappa shape index (κ2) is 10.8. The largest absolute Gasteiger partial charge is 0.350 e. The van der Waals surface area contributed by atoms with Crippen LogP contribution in [0.5, 0.6) is 0 Å². The molecule has 1 unspecified atom stereocenters. The summed E-state index contributed by atoms with van der Waals surface area (Å²) in [6.45, 7) is 5.93. The topological polar surface area (TPSA) is 86.2 Å². The Morgan fingerprint density at radius 3 is 2.41 bits per heavy atom. The van der Waals surface area contributed by atoms with Crippen LogP contribution >= 0.6 is 0 Å². The summed E-state index contributed by atoms with van der Waals surface area (Å²) >= 11 is 0. The van der Waals surface area contributed by atoms with Gasteiger partial charge < -0.3 is 5.73 Å². The van der Waals surface area contributed by atoms with Gasteiger partial charge in [-0.3, -0.25) is 9.69 Å². The van der Waals surface area contributed by atoms with Crippen molar-refractivity contribution in [3.63, 3.8) is 0 Å². The number of rotatable bonds is 9. The summed E-state index contributed by atoms with van der Waals surface area (Å²) in [7, 11) is 0. The van der Waals surface area contributed by atoms with Gasteiger partial charge in [0.05, 0.1) is 17.8 Å². The molecule has 3 aromatic rings. The van der Waals surface area contributed by atoms with Gasteiger partial charge in [0.15, 0.2) is 5.78 Å². The molecular formula is C27H33N5O2. The fourth-order valence-electron chi connectivity index (χ4n) is 4.51. The molecule has 0 fully saturated rings. The lowest BCUT2D eigenvalue weighted by atomic mass is 9.94. The van der Waals surface area contributed by atoms with Crippen molar-refractivity contribution >= 4 is 11.4 Å². The molecule has 7 nitrogen and oxygen atoms in total. The van der Waals surface area contributed by atoms with Crippen molar-refractivity contribution < 1.29 is 4.79 Å². The average Bonchev–Trinajstić information content (AvgIpc) is 3.25. The molecule has 0 spiro atoms. The lowest BCUT2D eigenvalue weighted by molar-refractivity contribution is -0.124. The highest BCUT2D eigenvalue weighted by Crippen LogP contribution is 2.30. The number of ketones is 1. The van der Waals surface area contributed by atoms with Crippen molar-refractivity contribution in [3.8, 4) is 5.69 Å². The highest BCUT2D eigenvalue weighted by Gasteiger charge is 2.28. The molecule has 2 aromatic carbocycles. The number of Topliss-reactive ketones (excluding diaryl/α,β-unsaturated/α-hetero) is 1. The summed E-state index contributed by atoms with van der Waals surface area (Å²) in [5.74, 6) is 0.227. The van der Waals surface area contributed by atoms with Gasteiger partial charge in [0.2, 0.25) is 0 Å². The van der Waals surface area contributed by atoms with Crippen LogP contribution in [0.1, 0.15) is 56.3 Å². The Balaban J connectivity index is 1.50. The maximum atomic E-state index is 13.0. The Bertz CT molecular complexity index is 1190. The summed E-state index contributed by atoms with van der Waals surface area (Å²) in [6.07, 6.45) is 5.85. The Morgan fingerprint density at radius 1 is 1.09 bits per heavy atom. The third-order valence-corrected chi connectivity index (χ3v) is 6.35. The monoisotopic (exact) mass is 459 g/mol. The maximum Gasteiger partial charge on any atom is 0.350 e. The highest BCUT2D eigenvalue weighted by atomic mass is 16.2. The number of aromatic nitrogens is 3. The second-order valence-corrected chi connectivity index (χ2v) is 9.01. The summed E-state index contributed by atoms with van der Waals surface area (Å²) in [6, 6.07) is 17.8. The van der Waals surface area contributed by atoms with Gasteiger partial charge in [-0.05, 0) is 62.1 Å². The van der Waals surface area contributed by atoms with E-state index in [1.807, 2.05) is 56.3 Å². The SMILES string of the molecule is CC(C)n1ncn(-c2ccc(C3=CCN(C(C(=O)CCCN)c4ccccc4)CC3)cc2)c1=O. The molecular weight excluding hydrogens is 426 g/mol. The number of benzene rings is 2. The minimum absolute atomic E-state index is 0.0188. The number of hydrogen-bond donors (Lipinski definition) is 1. The van der Waals surface area contributed by atoms with E-state index in [1.54, 1.807) is 10.9 Å². The third-order valence-electron chi connectivity index (χ3n) is 6.35. The number of hydrogen-bond acceptors (Lipinski definition) is 5. The van der Waals surface area contributed by atoms with Gasteiger partial charge in [0, 0.05) is 19.5 Å². The molecule has 0 saturated heterocycles. The Kier molecular flexibility index (Phi) is 7.55. The molecule has 2 N–H and O–H groups in total. The van der Waals surface area contributed by atoms with Crippen LogP contribution in [-0.4, -0.2) is 44.7 Å². The first-order chi connectivity index (χ1) is 16.5. The molecule has 2 heterocycles. The van der Waals surface area contributed by atoms with Crippen LogP contribution < -0.4 is 11.4 Å². The standard InChI is InChI=1S/C27H33N5O2/c1-20(2)32-27(34)31(19-29-32)24-12-10-21(11-13-24)22-14-17-30(18-15-22)26(25(33)9-6-16-28)23-7-4-3-5-8-23/h3-5,7-8,10-14,19-20,26H,6,9,15-18,28H2,1-2H3. The zero-order valence-electron chi connectivity index (χ0n) is 19.9. The van der Waals surface area contributed by atoms with Crippen molar-refractivity contribution in [2.45, 2.75) is 45.2 Å². The van der Waals surface area contributed by atoms with E-state index in [0.717, 1.165) is 29.8 Å². The van der Waals surface area contributed by atoms with E-state index in [4.69, 9.17) is 5.73 Å². The minimum atomic E-state index is -0.239. The quantitative estimate of drug-likeness (QED) is 0.527. The van der Waals surface area contributed by atoms with E-state index < -0.39 is 0 Å². The predicted molar refractivity (Wildman–Crippen MR) is 135 cm³/mol. The lowest BCUT2D eigenvalue weighted by Crippen LogP contribution is -2.37. The average molecular weight is 460 g/mol. The highest BCUT2D eigenvalue weighted by molar-refractivity contribution is 5.85. The van der Waals surface area contributed by atoms with E-state index in [9.17, 15) is 9.59 Å². The predicted octanol–water partition coefficient (Wildman–Crippen LogP) is 3.75. The van der Waals surface area contributed by atoms with E-state index in [1.165, 1.54) is 10.3 Å². The maximum absolute atomic E-state index is 13.0. The Morgan fingerprint density at radius 2 is 1.82 bits per heavy atom. The number of carbonyl (C=O) groups is 1. The molecule has 1 aliphatic heterocycles. The molecule has 4 rings (SSSR count). The van der Waals surface area contributed by atoms with Crippen LogP contribution in [0.4, 0.5) is 0 Å².